The van der Waals surface area contributed by atoms with Gasteiger partial charge in [0.2, 0.25) is 0 Å². The van der Waals surface area contributed by atoms with Crippen molar-refractivity contribution >= 4 is 0 Å². The number of quaternary nitrogens is 1. The van der Waals surface area contributed by atoms with E-state index in [-0.39, 0.29) is 0 Å². The largest absolute Gasteiger partial charge is 0.310 e. The van der Waals surface area contributed by atoms with Crippen LogP contribution in [0, 0.1) is 0 Å². The van der Waals surface area contributed by atoms with Crippen molar-refractivity contribution in [3.63, 3.8) is 0 Å². The zero-order valence-electron chi connectivity index (χ0n) is 10.3. The number of rotatable bonds is 0. The Morgan fingerprint density at radius 1 is 1.44 bits per heavy atom. The SMILES string of the molecule is C[C@H]1NC2c3cccnc3CCC2[N+]1(C)C. The minimum absolute atomic E-state index is 0.502. The molecule has 1 saturated heterocycles. The lowest BCUT2D eigenvalue weighted by atomic mass is 9.87. The lowest BCUT2D eigenvalue weighted by Crippen LogP contribution is -2.51. The van der Waals surface area contributed by atoms with E-state index in [0.29, 0.717) is 18.2 Å². The van der Waals surface area contributed by atoms with Crippen LogP contribution in [-0.2, 0) is 6.42 Å². The average molecular weight is 218 g/mol. The van der Waals surface area contributed by atoms with Gasteiger partial charge in [-0.3, -0.25) is 10.3 Å². The van der Waals surface area contributed by atoms with Crippen LogP contribution in [0.5, 0.6) is 0 Å². The molecule has 1 N–H and O–H groups in total. The van der Waals surface area contributed by atoms with Gasteiger partial charge in [0.05, 0.1) is 20.1 Å². The summed E-state index contributed by atoms with van der Waals surface area (Å²) in [5.74, 6) is 0. The lowest BCUT2D eigenvalue weighted by molar-refractivity contribution is -0.925. The molecule has 0 bridgehead atoms. The quantitative estimate of drug-likeness (QED) is 0.667. The number of pyridine rings is 1. The number of hydrogen-bond donors (Lipinski definition) is 1. The van der Waals surface area contributed by atoms with Crippen LogP contribution in [0.4, 0.5) is 0 Å². The second kappa shape index (κ2) is 3.28. The third-order valence-electron chi connectivity index (χ3n) is 4.60. The number of nitrogens with one attached hydrogen (secondary N) is 1. The highest BCUT2D eigenvalue weighted by Crippen LogP contribution is 2.39. The molecule has 0 saturated carbocycles. The van der Waals surface area contributed by atoms with Gasteiger partial charge in [-0.05, 0) is 18.1 Å². The molecule has 3 nitrogen and oxygen atoms in total. The standard InChI is InChI=1S/C13H20N3/c1-9-15-13-10-5-4-8-14-11(10)6-7-12(13)16(9,2)3/h4-5,8-9,12-13,15H,6-7H2,1-3H3/q+1/t9-,12?,13?/m0/s1. The van der Waals surface area contributed by atoms with Crippen LogP contribution in [0.25, 0.3) is 0 Å². The molecule has 1 aliphatic carbocycles. The van der Waals surface area contributed by atoms with Crippen LogP contribution in [0.2, 0.25) is 0 Å². The van der Waals surface area contributed by atoms with Crippen molar-refractivity contribution in [3.8, 4) is 0 Å². The number of fused-ring (bicyclic) bond motifs is 3. The van der Waals surface area contributed by atoms with Crippen LogP contribution < -0.4 is 5.32 Å². The molecule has 2 aliphatic rings. The van der Waals surface area contributed by atoms with Gasteiger partial charge in [-0.1, -0.05) is 6.07 Å². The van der Waals surface area contributed by atoms with E-state index in [4.69, 9.17) is 0 Å². The average Bonchev–Trinajstić information content (AvgIpc) is 2.51. The minimum Gasteiger partial charge on any atom is -0.310 e. The van der Waals surface area contributed by atoms with Crippen molar-refractivity contribution in [1.29, 1.82) is 0 Å². The first-order chi connectivity index (χ1) is 7.60. The van der Waals surface area contributed by atoms with Gasteiger partial charge in [0.15, 0.2) is 0 Å². The molecule has 2 heterocycles. The fourth-order valence-corrected chi connectivity index (χ4v) is 3.26. The number of aromatic nitrogens is 1. The molecule has 1 aromatic rings. The van der Waals surface area contributed by atoms with Gasteiger partial charge in [0.25, 0.3) is 0 Å². The van der Waals surface area contributed by atoms with Crippen molar-refractivity contribution < 1.29 is 4.48 Å². The topological polar surface area (TPSA) is 24.9 Å². The van der Waals surface area contributed by atoms with Crippen molar-refractivity contribution in [2.75, 3.05) is 14.1 Å². The van der Waals surface area contributed by atoms with Gasteiger partial charge < -0.3 is 4.48 Å². The Hall–Kier alpha value is -0.930. The third-order valence-corrected chi connectivity index (χ3v) is 4.60. The Labute approximate surface area is 97.1 Å². The smallest absolute Gasteiger partial charge is 0.140 e. The Bertz CT molecular complexity index is 413. The van der Waals surface area contributed by atoms with E-state index in [1.165, 1.54) is 17.7 Å². The maximum atomic E-state index is 4.51. The monoisotopic (exact) mass is 218 g/mol. The molecule has 0 radical (unpaired) electrons. The maximum Gasteiger partial charge on any atom is 0.140 e. The molecule has 3 heteroatoms. The van der Waals surface area contributed by atoms with Crippen molar-refractivity contribution in [1.82, 2.24) is 10.3 Å². The van der Waals surface area contributed by atoms with Crippen LogP contribution >= 0.6 is 0 Å². The van der Waals surface area contributed by atoms with Gasteiger partial charge >= 0.3 is 0 Å². The molecular formula is C13H20N3+. The summed E-state index contributed by atoms with van der Waals surface area (Å²) >= 11 is 0. The molecule has 16 heavy (non-hydrogen) atoms. The lowest BCUT2D eigenvalue weighted by Gasteiger charge is -2.37. The summed E-state index contributed by atoms with van der Waals surface area (Å²) in [6, 6.07) is 5.50. The number of nitrogens with zero attached hydrogens (tertiary/aromatic N) is 2. The molecule has 0 spiro atoms. The van der Waals surface area contributed by atoms with Gasteiger partial charge in [-0.2, -0.15) is 0 Å². The summed E-state index contributed by atoms with van der Waals surface area (Å²) in [4.78, 5) is 4.51. The van der Waals surface area contributed by atoms with E-state index in [2.05, 4.69) is 43.5 Å². The summed E-state index contributed by atoms with van der Waals surface area (Å²) in [6.45, 7) is 2.29. The molecule has 1 fully saturated rings. The molecule has 2 unspecified atom stereocenters. The van der Waals surface area contributed by atoms with Crippen LogP contribution in [0.1, 0.15) is 30.6 Å². The molecule has 1 aromatic heterocycles. The van der Waals surface area contributed by atoms with Crippen LogP contribution in [0.15, 0.2) is 18.3 Å². The number of hydrogen-bond acceptors (Lipinski definition) is 2. The van der Waals surface area contributed by atoms with Crippen molar-refractivity contribution in [2.45, 2.75) is 38.0 Å². The fourth-order valence-electron chi connectivity index (χ4n) is 3.26. The summed E-state index contributed by atoms with van der Waals surface area (Å²) in [7, 11) is 4.67. The predicted molar refractivity (Wildman–Crippen MR) is 63.8 cm³/mol. The Balaban J connectivity index is 2.04. The number of aryl methyl sites for hydroxylation is 1. The third kappa shape index (κ3) is 1.25. The molecule has 3 rings (SSSR count). The summed E-state index contributed by atoms with van der Waals surface area (Å²) in [5, 5.41) is 3.73. The summed E-state index contributed by atoms with van der Waals surface area (Å²) < 4.78 is 1.08. The van der Waals surface area contributed by atoms with E-state index in [9.17, 15) is 0 Å². The van der Waals surface area contributed by atoms with Gasteiger partial charge in [0.1, 0.15) is 12.2 Å². The summed E-state index contributed by atoms with van der Waals surface area (Å²) in [5.41, 5.74) is 2.72. The van der Waals surface area contributed by atoms with E-state index >= 15 is 0 Å². The first kappa shape index (κ1) is 10.2. The second-order valence-electron chi connectivity index (χ2n) is 5.59. The molecule has 0 aromatic carbocycles. The van der Waals surface area contributed by atoms with Crippen LogP contribution in [0.3, 0.4) is 0 Å². The van der Waals surface area contributed by atoms with E-state index in [1.807, 2.05) is 6.20 Å². The van der Waals surface area contributed by atoms with E-state index in [1.54, 1.807) is 0 Å². The Morgan fingerprint density at radius 3 is 3.06 bits per heavy atom. The highest BCUT2D eigenvalue weighted by molar-refractivity contribution is 5.28. The second-order valence-corrected chi connectivity index (χ2v) is 5.59. The molecule has 86 valence electrons. The van der Waals surface area contributed by atoms with E-state index < -0.39 is 0 Å². The van der Waals surface area contributed by atoms with Gasteiger partial charge in [-0.15, -0.1) is 0 Å². The zero-order chi connectivity index (χ0) is 11.3. The molecule has 3 atom stereocenters. The number of likely N-dealkylation sites (N-methyl/N-ethyl adjacent to an activating group) is 1. The maximum absolute atomic E-state index is 4.51. The summed E-state index contributed by atoms with van der Waals surface area (Å²) in [6.07, 6.45) is 4.82. The molecular weight excluding hydrogens is 198 g/mol. The molecule has 0 amide bonds. The van der Waals surface area contributed by atoms with Crippen molar-refractivity contribution in [2.24, 2.45) is 0 Å². The van der Waals surface area contributed by atoms with Crippen molar-refractivity contribution in [3.05, 3.63) is 29.6 Å². The predicted octanol–water partition coefficient (Wildman–Crippen LogP) is 1.46. The fraction of sp³-hybridized carbons (Fsp3) is 0.615. The molecule has 1 aliphatic heterocycles. The highest BCUT2D eigenvalue weighted by atomic mass is 15.5. The van der Waals surface area contributed by atoms with Crippen LogP contribution in [-0.4, -0.2) is 35.8 Å². The van der Waals surface area contributed by atoms with Gasteiger partial charge in [-0.25, -0.2) is 0 Å². The normalized spacial score (nSPS) is 35.6. The highest BCUT2D eigenvalue weighted by Gasteiger charge is 2.49. The Morgan fingerprint density at radius 2 is 2.25 bits per heavy atom. The zero-order valence-corrected chi connectivity index (χ0v) is 10.3. The first-order valence-corrected chi connectivity index (χ1v) is 6.14. The first-order valence-electron chi connectivity index (χ1n) is 6.14. The minimum atomic E-state index is 0.502. The Kier molecular flexibility index (Phi) is 2.10. The van der Waals surface area contributed by atoms with E-state index in [0.717, 1.165) is 10.9 Å². The van der Waals surface area contributed by atoms with Gasteiger partial charge in [0, 0.05) is 25.2 Å².